The van der Waals surface area contributed by atoms with E-state index in [1.807, 2.05) is 41.1 Å². The second-order valence-corrected chi connectivity index (χ2v) is 8.61. The molecule has 7 nitrogen and oxygen atoms in total. The number of carbonyl (C=O) groups excluding carboxylic acids is 1. The van der Waals surface area contributed by atoms with Crippen molar-refractivity contribution < 1.29 is 4.79 Å². The van der Waals surface area contributed by atoms with Crippen molar-refractivity contribution in [2.75, 3.05) is 11.1 Å². The number of anilines is 1. The van der Waals surface area contributed by atoms with E-state index in [1.165, 1.54) is 37.4 Å². The number of thioether (sulfide) groups is 1. The van der Waals surface area contributed by atoms with Gasteiger partial charge in [0.15, 0.2) is 5.16 Å². The van der Waals surface area contributed by atoms with Gasteiger partial charge in [0.05, 0.1) is 17.1 Å². The Morgan fingerprint density at radius 1 is 1.14 bits per heavy atom. The van der Waals surface area contributed by atoms with Gasteiger partial charge in [0.25, 0.3) is 0 Å². The number of hydrogen-bond donors (Lipinski definition) is 1. The van der Waals surface area contributed by atoms with Crippen LogP contribution in [0, 0.1) is 0 Å². The molecule has 2 fully saturated rings. The molecule has 2 saturated carbocycles. The predicted octanol–water partition coefficient (Wildman–Crippen LogP) is 3.97. The normalized spacial score (nSPS) is 16.2. The topological polar surface area (TPSA) is 77.6 Å². The van der Waals surface area contributed by atoms with Gasteiger partial charge < -0.3 is 9.88 Å². The van der Waals surface area contributed by atoms with Crippen molar-refractivity contribution in [1.82, 2.24) is 24.5 Å². The summed E-state index contributed by atoms with van der Waals surface area (Å²) in [4.78, 5) is 12.7. The van der Waals surface area contributed by atoms with Crippen LogP contribution in [0.3, 0.4) is 0 Å². The molecule has 1 amide bonds. The number of para-hydroxylation sites is 1. The first-order chi connectivity index (χ1) is 14.2. The summed E-state index contributed by atoms with van der Waals surface area (Å²) < 4.78 is 3.96. The van der Waals surface area contributed by atoms with Crippen molar-refractivity contribution in [3.63, 3.8) is 0 Å². The summed E-state index contributed by atoms with van der Waals surface area (Å²) >= 11 is 1.44. The molecule has 2 aliphatic rings. The van der Waals surface area contributed by atoms with Crippen LogP contribution < -0.4 is 5.32 Å². The molecule has 2 heterocycles. The highest BCUT2D eigenvalue weighted by Gasteiger charge is 2.30. The average molecular weight is 409 g/mol. The van der Waals surface area contributed by atoms with Crippen LogP contribution in [-0.4, -0.2) is 36.2 Å². The van der Waals surface area contributed by atoms with Gasteiger partial charge in [-0.25, -0.2) is 4.68 Å². The summed E-state index contributed by atoms with van der Waals surface area (Å²) in [6.07, 6.45) is 4.72. The molecule has 8 heteroatoms. The van der Waals surface area contributed by atoms with E-state index in [4.69, 9.17) is 5.10 Å². The molecule has 0 atom stereocenters. The second kappa shape index (κ2) is 7.67. The Hall–Kier alpha value is -2.61. The van der Waals surface area contributed by atoms with Gasteiger partial charge in [-0.15, -0.1) is 10.2 Å². The van der Waals surface area contributed by atoms with Crippen molar-refractivity contribution >= 4 is 23.5 Å². The minimum absolute atomic E-state index is 0.0620. The van der Waals surface area contributed by atoms with Gasteiger partial charge in [-0.2, -0.15) is 5.10 Å². The van der Waals surface area contributed by atoms with Gasteiger partial charge in [0.1, 0.15) is 11.6 Å². The molecule has 150 valence electrons. The molecule has 5 rings (SSSR count). The lowest BCUT2D eigenvalue weighted by Crippen LogP contribution is -2.17. The molecule has 0 radical (unpaired) electrons. The summed E-state index contributed by atoms with van der Waals surface area (Å²) in [6, 6.07) is 11.9. The quantitative estimate of drug-likeness (QED) is 0.571. The maximum atomic E-state index is 12.7. The lowest BCUT2D eigenvalue weighted by atomic mass is 10.3. The van der Waals surface area contributed by atoms with Gasteiger partial charge in [-0.05, 0) is 44.7 Å². The summed E-state index contributed by atoms with van der Waals surface area (Å²) in [6.45, 7) is 2.92. The first-order valence-corrected chi connectivity index (χ1v) is 11.2. The Balaban J connectivity index is 1.30. The van der Waals surface area contributed by atoms with Gasteiger partial charge in [0, 0.05) is 24.4 Å². The number of hydrogen-bond acceptors (Lipinski definition) is 5. The third kappa shape index (κ3) is 3.94. The number of rotatable bonds is 8. The zero-order valence-corrected chi connectivity index (χ0v) is 17.2. The first kappa shape index (κ1) is 18.4. The van der Waals surface area contributed by atoms with Crippen molar-refractivity contribution in [3.05, 3.63) is 47.9 Å². The molecule has 0 aliphatic heterocycles. The molecule has 0 spiro atoms. The number of carbonyl (C=O) groups is 1. The molecule has 0 saturated heterocycles. The molecule has 2 aliphatic carbocycles. The van der Waals surface area contributed by atoms with Gasteiger partial charge in [-0.3, -0.25) is 4.79 Å². The maximum absolute atomic E-state index is 12.7. The van der Waals surface area contributed by atoms with Crippen LogP contribution in [-0.2, 0) is 11.3 Å². The van der Waals surface area contributed by atoms with Crippen LogP contribution in [0.5, 0.6) is 0 Å². The molecule has 2 aromatic heterocycles. The van der Waals surface area contributed by atoms with Crippen molar-refractivity contribution in [1.29, 1.82) is 0 Å². The van der Waals surface area contributed by atoms with Crippen LogP contribution >= 0.6 is 11.8 Å². The summed E-state index contributed by atoms with van der Waals surface area (Å²) in [5, 5.41) is 17.3. The lowest BCUT2D eigenvalue weighted by Gasteiger charge is -2.09. The zero-order valence-electron chi connectivity index (χ0n) is 16.4. The lowest BCUT2D eigenvalue weighted by molar-refractivity contribution is -0.113. The molecule has 1 aromatic carbocycles. The Morgan fingerprint density at radius 2 is 1.90 bits per heavy atom. The van der Waals surface area contributed by atoms with Crippen LogP contribution in [0.1, 0.15) is 56.0 Å². The standard InChI is InChI=1S/C21H24N6OS/c1-2-26-20(15-10-11-15)23-24-21(26)29-13-19(28)22-18-12-17(14-8-9-14)25-27(18)16-6-4-3-5-7-16/h3-7,12,14-15H,2,8-11,13H2,1H3,(H,22,28). The minimum Gasteiger partial charge on any atom is -0.310 e. The predicted molar refractivity (Wildman–Crippen MR) is 113 cm³/mol. The van der Waals surface area contributed by atoms with E-state index < -0.39 is 0 Å². The summed E-state index contributed by atoms with van der Waals surface area (Å²) in [5.41, 5.74) is 2.00. The van der Waals surface area contributed by atoms with Crippen LogP contribution in [0.15, 0.2) is 41.6 Å². The molecule has 29 heavy (non-hydrogen) atoms. The largest absolute Gasteiger partial charge is 0.310 e. The zero-order chi connectivity index (χ0) is 19.8. The molecule has 0 bridgehead atoms. The molecular formula is C21H24N6OS. The number of benzene rings is 1. The Labute approximate surface area is 173 Å². The van der Waals surface area contributed by atoms with Crippen molar-refractivity contribution in [2.24, 2.45) is 0 Å². The molecule has 1 N–H and O–H groups in total. The van der Waals surface area contributed by atoms with E-state index >= 15 is 0 Å². The fraction of sp³-hybridized carbons (Fsp3) is 0.429. The highest BCUT2D eigenvalue weighted by molar-refractivity contribution is 7.99. The summed E-state index contributed by atoms with van der Waals surface area (Å²) in [5.74, 6) is 3.08. The smallest absolute Gasteiger partial charge is 0.236 e. The first-order valence-electron chi connectivity index (χ1n) is 10.2. The minimum atomic E-state index is -0.0620. The number of amides is 1. The van der Waals surface area contributed by atoms with Gasteiger partial charge >= 0.3 is 0 Å². The Kier molecular flexibility index (Phi) is 4.87. The van der Waals surface area contributed by atoms with E-state index in [9.17, 15) is 4.79 Å². The molecule has 3 aromatic rings. The second-order valence-electron chi connectivity index (χ2n) is 7.67. The fourth-order valence-electron chi connectivity index (χ4n) is 3.49. The van der Waals surface area contributed by atoms with E-state index in [-0.39, 0.29) is 5.91 Å². The van der Waals surface area contributed by atoms with E-state index in [2.05, 4.69) is 27.0 Å². The van der Waals surface area contributed by atoms with Crippen LogP contribution in [0.25, 0.3) is 5.69 Å². The average Bonchev–Trinajstić information content (AvgIpc) is 3.68. The maximum Gasteiger partial charge on any atom is 0.236 e. The molecular weight excluding hydrogens is 384 g/mol. The van der Waals surface area contributed by atoms with Crippen LogP contribution in [0.4, 0.5) is 5.82 Å². The third-order valence-electron chi connectivity index (χ3n) is 5.33. The fourth-order valence-corrected chi connectivity index (χ4v) is 4.30. The number of nitrogens with zero attached hydrogens (tertiary/aromatic N) is 5. The third-order valence-corrected chi connectivity index (χ3v) is 6.30. The Bertz CT molecular complexity index is 1020. The van der Waals surface area contributed by atoms with E-state index in [0.29, 0.717) is 17.6 Å². The van der Waals surface area contributed by atoms with Gasteiger partial charge in [-0.1, -0.05) is 30.0 Å². The van der Waals surface area contributed by atoms with Crippen LogP contribution in [0.2, 0.25) is 0 Å². The highest BCUT2D eigenvalue weighted by atomic mass is 32.2. The monoisotopic (exact) mass is 408 g/mol. The molecule has 0 unspecified atom stereocenters. The summed E-state index contributed by atoms with van der Waals surface area (Å²) in [7, 11) is 0. The SMILES string of the molecule is CCn1c(SCC(=O)Nc2cc(C3CC3)nn2-c2ccccc2)nnc1C1CC1. The van der Waals surface area contributed by atoms with E-state index in [0.717, 1.165) is 34.7 Å². The van der Waals surface area contributed by atoms with Gasteiger partial charge in [0.2, 0.25) is 5.91 Å². The highest BCUT2D eigenvalue weighted by Crippen LogP contribution is 2.41. The number of aromatic nitrogens is 5. The number of nitrogens with one attached hydrogen (secondary N) is 1. The Morgan fingerprint density at radius 3 is 2.59 bits per heavy atom. The van der Waals surface area contributed by atoms with E-state index in [1.54, 1.807) is 0 Å². The van der Waals surface area contributed by atoms with Crippen molar-refractivity contribution in [3.8, 4) is 5.69 Å². The van der Waals surface area contributed by atoms with Crippen molar-refractivity contribution in [2.45, 2.75) is 56.1 Å².